The third-order valence-electron chi connectivity index (χ3n) is 1.91. The monoisotopic (exact) mass is 243 g/mol. The van der Waals surface area contributed by atoms with Crippen molar-refractivity contribution in [1.29, 1.82) is 0 Å². The molecule has 0 aliphatic heterocycles. The minimum Gasteiger partial charge on any atom is -0.364 e. The van der Waals surface area contributed by atoms with Crippen LogP contribution in [0.25, 0.3) is 0 Å². The predicted octanol–water partition coefficient (Wildman–Crippen LogP) is 2.80. The normalized spacial score (nSPS) is 10.2. The van der Waals surface area contributed by atoms with Gasteiger partial charge in [0.2, 0.25) is 0 Å². The lowest BCUT2D eigenvalue weighted by Crippen LogP contribution is -2.20. The molecule has 13 heavy (non-hydrogen) atoms. The Balaban J connectivity index is 2.91. The average Bonchev–Trinajstić information content (AvgIpc) is 2.09. The minimum atomic E-state index is 0.608. The highest BCUT2D eigenvalue weighted by Crippen LogP contribution is 2.23. The number of benzene rings is 1. The first-order chi connectivity index (χ1) is 6.15. The molecular weight excluding hydrogens is 230 g/mol. The third-order valence-corrected chi connectivity index (χ3v) is 2.40. The molecule has 0 bridgehead atoms. The molecule has 0 aliphatic rings. The van der Waals surface area contributed by atoms with Crippen LogP contribution in [0, 0.1) is 6.92 Å². The minimum absolute atomic E-state index is 0.608. The van der Waals surface area contributed by atoms with Gasteiger partial charge in [-0.1, -0.05) is 22.0 Å². The summed E-state index contributed by atoms with van der Waals surface area (Å²) in [5.41, 5.74) is 2.44. The van der Waals surface area contributed by atoms with Gasteiger partial charge in [-0.15, -0.1) is 0 Å². The van der Waals surface area contributed by atoms with Gasteiger partial charge in [-0.25, -0.2) is 0 Å². The van der Waals surface area contributed by atoms with Gasteiger partial charge in [-0.2, -0.15) is 0 Å². The van der Waals surface area contributed by atoms with Crippen LogP contribution >= 0.6 is 15.9 Å². The van der Waals surface area contributed by atoms with Gasteiger partial charge in [-0.05, 0) is 24.6 Å². The van der Waals surface area contributed by atoms with E-state index >= 15 is 0 Å². The first-order valence-electron chi connectivity index (χ1n) is 4.11. The molecule has 0 heterocycles. The molecule has 0 fully saturated rings. The summed E-state index contributed by atoms with van der Waals surface area (Å²) in [6.45, 7) is 2.70. The molecule has 0 saturated carbocycles. The molecule has 0 aliphatic carbocycles. The van der Waals surface area contributed by atoms with Crippen molar-refractivity contribution in [3.8, 4) is 0 Å². The number of halogens is 1. The number of nitrogens with zero attached hydrogens (tertiary/aromatic N) is 1. The van der Waals surface area contributed by atoms with Crippen LogP contribution < -0.4 is 4.90 Å². The molecule has 1 rings (SSSR count). The number of anilines is 1. The zero-order valence-corrected chi connectivity index (χ0v) is 9.76. The second kappa shape index (κ2) is 4.63. The maximum atomic E-state index is 5.06. The third kappa shape index (κ3) is 2.71. The Morgan fingerprint density at radius 2 is 2.15 bits per heavy atom. The Kier molecular flexibility index (Phi) is 3.75. The van der Waals surface area contributed by atoms with E-state index in [-0.39, 0.29) is 0 Å². The highest BCUT2D eigenvalue weighted by atomic mass is 79.9. The first kappa shape index (κ1) is 10.5. The van der Waals surface area contributed by atoms with Crippen molar-refractivity contribution in [1.82, 2.24) is 0 Å². The summed E-state index contributed by atoms with van der Waals surface area (Å²) in [5.74, 6) is 0. The summed E-state index contributed by atoms with van der Waals surface area (Å²) < 4.78 is 6.16. The van der Waals surface area contributed by atoms with E-state index in [1.807, 2.05) is 13.1 Å². The fraction of sp³-hybridized carbons (Fsp3) is 0.400. The van der Waals surface area contributed by atoms with Gasteiger partial charge in [0.05, 0.1) is 0 Å². The zero-order chi connectivity index (χ0) is 9.84. The van der Waals surface area contributed by atoms with Crippen LogP contribution in [-0.4, -0.2) is 20.9 Å². The molecule has 1 aromatic carbocycles. The number of rotatable bonds is 3. The lowest BCUT2D eigenvalue weighted by molar-refractivity contribution is 0.202. The highest BCUT2D eigenvalue weighted by Gasteiger charge is 2.03. The molecule has 2 nitrogen and oxygen atoms in total. The molecule has 0 N–H and O–H groups in total. The highest BCUT2D eigenvalue weighted by molar-refractivity contribution is 9.10. The molecule has 1 aromatic rings. The van der Waals surface area contributed by atoms with Crippen LogP contribution in [-0.2, 0) is 4.74 Å². The molecule has 0 saturated heterocycles. The second-order valence-corrected chi connectivity index (χ2v) is 3.96. The van der Waals surface area contributed by atoms with Gasteiger partial charge in [0, 0.05) is 24.3 Å². The van der Waals surface area contributed by atoms with Crippen LogP contribution in [0.1, 0.15) is 5.56 Å². The van der Waals surface area contributed by atoms with E-state index in [4.69, 9.17) is 4.74 Å². The SMILES string of the molecule is COCN(C)c1cc(Br)ccc1C. The Morgan fingerprint density at radius 3 is 2.77 bits per heavy atom. The number of hydrogen-bond acceptors (Lipinski definition) is 2. The summed E-state index contributed by atoms with van der Waals surface area (Å²) in [5, 5.41) is 0. The Labute approximate surface area is 87.6 Å². The Bertz CT molecular complexity index is 288. The molecule has 0 unspecified atom stereocenters. The summed E-state index contributed by atoms with van der Waals surface area (Å²) in [7, 11) is 3.71. The lowest BCUT2D eigenvalue weighted by atomic mass is 10.2. The van der Waals surface area contributed by atoms with E-state index in [9.17, 15) is 0 Å². The van der Waals surface area contributed by atoms with Crippen LogP contribution in [0.3, 0.4) is 0 Å². The van der Waals surface area contributed by atoms with Gasteiger partial charge in [0.1, 0.15) is 6.73 Å². The van der Waals surface area contributed by atoms with Crippen LogP contribution in [0.15, 0.2) is 22.7 Å². The van der Waals surface area contributed by atoms with Crippen molar-refractivity contribution >= 4 is 21.6 Å². The topological polar surface area (TPSA) is 12.5 Å². The van der Waals surface area contributed by atoms with Crippen LogP contribution in [0.2, 0.25) is 0 Å². The molecule has 3 heteroatoms. The Morgan fingerprint density at radius 1 is 1.46 bits per heavy atom. The second-order valence-electron chi connectivity index (χ2n) is 3.05. The number of methoxy groups -OCH3 is 1. The Hall–Kier alpha value is -0.540. The van der Waals surface area contributed by atoms with Crippen molar-refractivity contribution in [3.05, 3.63) is 28.2 Å². The van der Waals surface area contributed by atoms with Gasteiger partial charge < -0.3 is 9.64 Å². The molecule has 0 amide bonds. The molecule has 72 valence electrons. The van der Waals surface area contributed by atoms with Crippen molar-refractivity contribution in [2.75, 3.05) is 25.8 Å². The van der Waals surface area contributed by atoms with Gasteiger partial charge in [-0.3, -0.25) is 0 Å². The van der Waals surface area contributed by atoms with E-state index in [1.165, 1.54) is 11.3 Å². The number of ether oxygens (including phenoxy) is 1. The predicted molar refractivity (Wildman–Crippen MR) is 59.2 cm³/mol. The molecular formula is C10H14BrNO. The van der Waals surface area contributed by atoms with E-state index in [0.717, 1.165) is 4.47 Å². The lowest BCUT2D eigenvalue weighted by Gasteiger charge is -2.20. The van der Waals surface area contributed by atoms with Gasteiger partial charge in [0.25, 0.3) is 0 Å². The summed E-state index contributed by atoms with van der Waals surface area (Å²) in [6.07, 6.45) is 0. The van der Waals surface area contributed by atoms with Crippen molar-refractivity contribution < 1.29 is 4.74 Å². The fourth-order valence-electron chi connectivity index (χ4n) is 1.26. The van der Waals surface area contributed by atoms with Crippen LogP contribution in [0.4, 0.5) is 5.69 Å². The smallest absolute Gasteiger partial charge is 0.118 e. The maximum absolute atomic E-state index is 5.06. The first-order valence-corrected chi connectivity index (χ1v) is 4.90. The molecule has 0 aromatic heterocycles. The summed E-state index contributed by atoms with van der Waals surface area (Å²) in [6, 6.07) is 6.22. The largest absolute Gasteiger partial charge is 0.364 e. The summed E-state index contributed by atoms with van der Waals surface area (Å²) in [4.78, 5) is 2.07. The number of hydrogen-bond donors (Lipinski definition) is 0. The van der Waals surface area contributed by atoms with E-state index < -0.39 is 0 Å². The summed E-state index contributed by atoms with van der Waals surface area (Å²) >= 11 is 3.45. The molecule has 0 radical (unpaired) electrons. The van der Waals surface area contributed by atoms with Crippen molar-refractivity contribution in [2.45, 2.75) is 6.92 Å². The maximum Gasteiger partial charge on any atom is 0.118 e. The zero-order valence-electron chi connectivity index (χ0n) is 8.17. The quantitative estimate of drug-likeness (QED) is 0.758. The van der Waals surface area contributed by atoms with E-state index in [2.05, 4.69) is 39.9 Å². The standard InChI is InChI=1S/C10H14BrNO/c1-8-4-5-9(11)6-10(8)12(2)7-13-3/h4-6H,7H2,1-3H3. The van der Waals surface area contributed by atoms with Crippen molar-refractivity contribution in [2.24, 2.45) is 0 Å². The van der Waals surface area contributed by atoms with E-state index in [1.54, 1.807) is 7.11 Å². The molecule has 0 spiro atoms. The van der Waals surface area contributed by atoms with Crippen molar-refractivity contribution in [3.63, 3.8) is 0 Å². The van der Waals surface area contributed by atoms with Gasteiger partial charge >= 0.3 is 0 Å². The number of aryl methyl sites for hydroxylation is 1. The average molecular weight is 244 g/mol. The molecule has 0 atom stereocenters. The fourth-order valence-corrected chi connectivity index (χ4v) is 1.61. The van der Waals surface area contributed by atoms with Gasteiger partial charge in [0.15, 0.2) is 0 Å². The van der Waals surface area contributed by atoms with Crippen LogP contribution in [0.5, 0.6) is 0 Å². The van der Waals surface area contributed by atoms with E-state index in [0.29, 0.717) is 6.73 Å².